The molecule has 0 bridgehead atoms. The van der Waals surface area contributed by atoms with Gasteiger partial charge in [0.2, 0.25) is 0 Å². The Morgan fingerprint density at radius 1 is 1.25 bits per heavy atom. The Bertz CT molecular complexity index is 469. The van der Waals surface area contributed by atoms with Crippen molar-refractivity contribution in [3.63, 3.8) is 0 Å². The lowest BCUT2D eigenvalue weighted by Crippen LogP contribution is -2.02. The van der Waals surface area contributed by atoms with Crippen molar-refractivity contribution in [3.8, 4) is 0 Å². The summed E-state index contributed by atoms with van der Waals surface area (Å²) >= 11 is 0. The summed E-state index contributed by atoms with van der Waals surface area (Å²) in [6.45, 7) is 2.52. The number of nitrogens with zero attached hydrogens (tertiary/aromatic N) is 1. The van der Waals surface area contributed by atoms with Gasteiger partial charge in [-0.3, -0.25) is 4.98 Å². The van der Waals surface area contributed by atoms with Crippen LogP contribution >= 0.6 is 0 Å². The lowest BCUT2D eigenvalue weighted by molar-refractivity contribution is 0.627. The number of hydrogen-bond donors (Lipinski definition) is 1. The average Bonchev–Trinajstić information content (AvgIpc) is 2.29. The van der Waals surface area contributed by atoms with Crippen molar-refractivity contribution in [2.45, 2.75) is 13.5 Å². The SMILES string of the molecule is Cc1cc(F)ccc1NCc1ccccn1. The van der Waals surface area contributed by atoms with Crippen LogP contribution in [0, 0.1) is 12.7 Å². The van der Waals surface area contributed by atoms with Crippen LogP contribution in [-0.4, -0.2) is 4.98 Å². The van der Waals surface area contributed by atoms with Gasteiger partial charge in [0.05, 0.1) is 12.2 Å². The van der Waals surface area contributed by atoms with Crippen LogP contribution in [-0.2, 0) is 6.54 Å². The molecule has 0 amide bonds. The summed E-state index contributed by atoms with van der Waals surface area (Å²) in [6.07, 6.45) is 1.76. The molecule has 0 saturated carbocycles. The van der Waals surface area contributed by atoms with E-state index in [1.807, 2.05) is 25.1 Å². The molecular weight excluding hydrogens is 203 g/mol. The second-order valence-corrected chi connectivity index (χ2v) is 3.63. The molecule has 0 aliphatic heterocycles. The van der Waals surface area contributed by atoms with Gasteiger partial charge in [-0.05, 0) is 42.8 Å². The molecule has 1 heterocycles. The van der Waals surface area contributed by atoms with E-state index in [1.165, 1.54) is 12.1 Å². The largest absolute Gasteiger partial charge is 0.379 e. The lowest BCUT2D eigenvalue weighted by atomic mass is 10.2. The fourth-order valence-corrected chi connectivity index (χ4v) is 1.51. The molecule has 82 valence electrons. The summed E-state index contributed by atoms with van der Waals surface area (Å²) in [5.74, 6) is -0.208. The average molecular weight is 216 g/mol. The number of hydrogen-bond acceptors (Lipinski definition) is 2. The Balaban J connectivity index is 2.05. The van der Waals surface area contributed by atoms with Gasteiger partial charge >= 0.3 is 0 Å². The molecule has 0 spiro atoms. The van der Waals surface area contributed by atoms with Crippen LogP contribution in [0.25, 0.3) is 0 Å². The summed E-state index contributed by atoms with van der Waals surface area (Å²) in [5.41, 5.74) is 2.80. The molecule has 2 nitrogen and oxygen atoms in total. The second-order valence-electron chi connectivity index (χ2n) is 3.63. The topological polar surface area (TPSA) is 24.9 Å². The maximum Gasteiger partial charge on any atom is 0.123 e. The molecule has 1 aromatic carbocycles. The Labute approximate surface area is 94.2 Å². The van der Waals surface area contributed by atoms with E-state index >= 15 is 0 Å². The molecule has 2 aromatic rings. The number of halogens is 1. The van der Waals surface area contributed by atoms with Crippen molar-refractivity contribution in [2.75, 3.05) is 5.32 Å². The third-order valence-electron chi connectivity index (χ3n) is 2.37. The highest BCUT2D eigenvalue weighted by Gasteiger charge is 1.99. The molecule has 0 saturated heterocycles. The van der Waals surface area contributed by atoms with E-state index in [4.69, 9.17) is 0 Å². The second kappa shape index (κ2) is 4.75. The Morgan fingerprint density at radius 2 is 2.12 bits per heavy atom. The van der Waals surface area contributed by atoms with Gasteiger partial charge < -0.3 is 5.32 Å². The van der Waals surface area contributed by atoms with Gasteiger partial charge in [-0.2, -0.15) is 0 Å². The number of nitrogens with one attached hydrogen (secondary N) is 1. The lowest BCUT2D eigenvalue weighted by Gasteiger charge is -2.08. The molecule has 0 unspecified atom stereocenters. The van der Waals surface area contributed by atoms with E-state index < -0.39 is 0 Å². The van der Waals surface area contributed by atoms with Crippen LogP contribution in [0.15, 0.2) is 42.6 Å². The fraction of sp³-hybridized carbons (Fsp3) is 0.154. The van der Waals surface area contributed by atoms with Gasteiger partial charge in [0, 0.05) is 11.9 Å². The van der Waals surface area contributed by atoms with E-state index in [1.54, 1.807) is 12.3 Å². The van der Waals surface area contributed by atoms with Crippen LogP contribution < -0.4 is 5.32 Å². The maximum atomic E-state index is 12.9. The molecule has 0 fully saturated rings. The first-order valence-electron chi connectivity index (χ1n) is 5.15. The van der Waals surface area contributed by atoms with Gasteiger partial charge in [0.25, 0.3) is 0 Å². The molecule has 2 rings (SSSR count). The molecule has 3 heteroatoms. The number of aryl methyl sites for hydroxylation is 1. The number of benzene rings is 1. The van der Waals surface area contributed by atoms with E-state index in [2.05, 4.69) is 10.3 Å². The molecule has 0 aliphatic rings. The van der Waals surface area contributed by atoms with Gasteiger partial charge in [0.1, 0.15) is 5.82 Å². The maximum absolute atomic E-state index is 12.9. The molecule has 0 radical (unpaired) electrons. The van der Waals surface area contributed by atoms with E-state index in [-0.39, 0.29) is 5.82 Å². The van der Waals surface area contributed by atoms with Gasteiger partial charge in [0.15, 0.2) is 0 Å². The zero-order valence-electron chi connectivity index (χ0n) is 9.07. The standard InChI is InChI=1S/C13H13FN2/c1-10-8-11(14)5-6-13(10)16-9-12-4-2-3-7-15-12/h2-8,16H,9H2,1H3. The highest BCUT2D eigenvalue weighted by atomic mass is 19.1. The van der Waals surface area contributed by atoms with Crippen molar-refractivity contribution >= 4 is 5.69 Å². The zero-order valence-corrected chi connectivity index (χ0v) is 9.07. The van der Waals surface area contributed by atoms with Crippen molar-refractivity contribution in [1.82, 2.24) is 4.98 Å². The van der Waals surface area contributed by atoms with Crippen LogP contribution in [0.1, 0.15) is 11.3 Å². The summed E-state index contributed by atoms with van der Waals surface area (Å²) in [5, 5.41) is 3.23. The van der Waals surface area contributed by atoms with Crippen LogP contribution in [0.4, 0.5) is 10.1 Å². The zero-order chi connectivity index (χ0) is 11.4. The first-order valence-corrected chi connectivity index (χ1v) is 5.15. The molecule has 0 atom stereocenters. The number of pyridine rings is 1. The Kier molecular flexibility index (Phi) is 3.15. The first-order chi connectivity index (χ1) is 7.75. The van der Waals surface area contributed by atoms with Crippen molar-refractivity contribution in [1.29, 1.82) is 0 Å². The van der Waals surface area contributed by atoms with Gasteiger partial charge in [-0.15, -0.1) is 0 Å². The summed E-state index contributed by atoms with van der Waals surface area (Å²) in [6, 6.07) is 10.5. The molecule has 16 heavy (non-hydrogen) atoms. The third kappa shape index (κ3) is 2.57. The molecule has 1 N–H and O–H groups in total. The summed E-state index contributed by atoms with van der Waals surface area (Å²) < 4.78 is 12.9. The summed E-state index contributed by atoms with van der Waals surface area (Å²) in [4.78, 5) is 4.20. The van der Waals surface area contributed by atoms with Crippen LogP contribution in [0.5, 0.6) is 0 Å². The Hall–Kier alpha value is -1.90. The van der Waals surface area contributed by atoms with Gasteiger partial charge in [-0.25, -0.2) is 4.39 Å². The van der Waals surface area contributed by atoms with Crippen molar-refractivity contribution in [3.05, 3.63) is 59.7 Å². The minimum absolute atomic E-state index is 0.208. The van der Waals surface area contributed by atoms with Crippen molar-refractivity contribution in [2.24, 2.45) is 0 Å². The molecule has 1 aromatic heterocycles. The van der Waals surface area contributed by atoms with Crippen LogP contribution in [0.2, 0.25) is 0 Å². The molecule has 0 aliphatic carbocycles. The predicted octanol–water partition coefficient (Wildman–Crippen LogP) is 3.14. The number of rotatable bonds is 3. The highest BCUT2D eigenvalue weighted by Crippen LogP contribution is 2.16. The Morgan fingerprint density at radius 3 is 2.81 bits per heavy atom. The van der Waals surface area contributed by atoms with E-state index in [0.717, 1.165) is 16.9 Å². The third-order valence-corrected chi connectivity index (χ3v) is 2.37. The summed E-state index contributed by atoms with van der Waals surface area (Å²) in [7, 11) is 0. The first kappa shape index (κ1) is 10.6. The van der Waals surface area contributed by atoms with E-state index in [9.17, 15) is 4.39 Å². The van der Waals surface area contributed by atoms with Crippen LogP contribution in [0.3, 0.4) is 0 Å². The quantitative estimate of drug-likeness (QED) is 0.852. The minimum Gasteiger partial charge on any atom is -0.379 e. The number of aromatic nitrogens is 1. The smallest absolute Gasteiger partial charge is 0.123 e. The monoisotopic (exact) mass is 216 g/mol. The normalized spacial score (nSPS) is 10.1. The molecular formula is C13H13FN2. The van der Waals surface area contributed by atoms with Gasteiger partial charge in [-0.1, -0.05) is 6.07 Å². The predicted molar refractivity (Wildman–Crippen MR) is 62.7 cm³/mol. The fourth-order valence-electron chi connectivity index (χ4n) is 1.51. The van der Waals surface area contributed by atoms with Crippen molar-refractivity contribution < 1.29 is 4.39 Å². The highest BCUT2D eigenvalue weighted by molar-refractivity contribution is 5.50. The minimum atomic E-state index is -0.208. The number of anilines is 1. The van der Waals surface area contributed by atoms with E-state index in [0.29, 0.717) is 6.54 Å².